The highest BCUT2D eigenvalue weighted by atomic mass is 16.2. The zero-order valence-electron chi connectivity index (χ0n) is 9.58. The van der Waals surface area contributed by atoms with Gasteiger partial charge in [0.2, 0.25) is 11.8 Å². The van der Waals surface area contributed by atoms with Gasteiger partial charge in [-0.2, -0.15) is 0 Å². The summed E-state index contributed by atoms with van der Waals surface area (Å²) in [5, 5.41) is 8.76. The van der Waals surface area contributed by atoms with Crippen molar-refractivity contribution < 1.29 is 9.59 Å². The van der Waals surface area contributed by atoms with E-state index < -0.39 is 0 Å². The fourth-order valence-corrected chi connectivity index (χ4v) is 2.36. The number of amides is 2. The van der Waals surface area contributed by atoms with E-state index >= 15 is 0 Å². The standard InChI is InChI=1S/C11H19N3O2/c1-7-4-6-12-9(7)11(16)14-8-3-2-5-13-10(8)15/h7-9,12H,2-6H2,1H3,(H,13,15)(H,14,16). The Bertz CT molecular complexity index is 293. The van der Waals surface area contributed by atoms with Crippen molar-refractivity contribution in [1.82, 2.24) is 16.0 Å². The van der Waals surface area contributed by atoms with Crippen molar-refractivity contribution in [3.8, 4) is 0 Å². The van der Waals surface area contributed by atoms with Crippen LogP contribution in [-0.2, 0) is 9.59 Å². The first-order chi connectivity index (χ1) is 7.68. The van der Waals surface area contributed by atoms with Crippen molar-refractivity contribution in [3.63, 3.8) is 0 Å². The van der Waals surface area contributed by atoms with E-state index in [0.717, 1.165) is 32.4 Å². The second-order valence-electron chi connectivity index (χ2n) is 4.69. The van der Waals surface area contributed by atoms with Crippen molar-refractivity contribution in [3.05, 3.63) is 0 Å². The lowest BCUT2D eigenvalue weighted by Gasteiger charge is -2.25. The Balaban J connectivity index is 1.88. The van der Waals surface area contributed by atoms with Gasteiger partial charge in [0.05, 0.1) is 6.04 Å². The monoisotopic (exact) mass is 225 g/mol. The minimum absolute atomic E-state index is 0.0351. The lowest BCUT2D eigenvalue weighted by molar-refractivity contribution is -0.131. The van der Waals surface area contributed by atoms with Gasteiger partial charge in [-0.3, -0.25) is 9.59 Å². The molecule has 0 bridgehead atoms. The molecule has 2 aliphatic heterocycles. The number of carbonyl (C=O) groups excluding carboxylic acids is 2. The Morgan fingerprint density at radius 2 is 2.19 bits per heavy atom. The van der Waals surface area contributed by atoms with Crippen LogP contribution in [0.4, 0.5) is 0 Å². The van der Waals surface area contributed by atoms with E-state index in [2.05, 4.69) is 22.9 Å². The van der Waals surface area contributed by atoms with E-state index in [1.165, 1.54) is 0 Å². The first-order valence-corrected chi connectivity index (χ1v) is 6.00. The molecule has 5 heteroatoms. The van der Waals surface area contributed by atoms with Gasteiger partial charge in [0.1, 0.15) is 6.04 Å². The normalized spacial score (nSPS) is 34.6. The van der Waals surface area contributed by atoms with Crippen LogP contribution in [0.25, 0.3) is 0 Å². The van der Waals surface area contributed by atoms with E-state index in [-0.39, 0.29) is 23.9 Å². The highest BCUT2D eigenvalue weighted by Gasteiger charge is 2.32. The topological polar surface area (TPSA) is 70.2 Å². The second kappa shape index (κ2) is 4.82. The molecule has 0 radical (unpaired) electrons. The predicted molar refractivity (Wildman–Crippen MR) is 59.7 cm³/mol. The van der Waals surface area contributed by atoms with Gasteiger partial charge in [-0.1, -0.05) is 6.92 Å². The summed E-state index contributed by atoms with van der Waals surface area (Å²) >= 11 is 0. The number of hydrogen-bond donors (Lipinski definition) is 3. The maximum absolute atomic E-state index is 11.9. The third-order valence-electron chi connectivity index (χ3n) is 3.42. The molecule has 0 aromatic heterocycles. The minimum atomic E-state index is -0.337. The van der Waals surface area contributed by atoms with E-state index in [0.29, 0.717) is 5.92 Å². The quantitative estimate of drug-likeness (QED) is 0.586. The SMILES string of the molecule is CC1CCNC1C(=O)NC1CCCNC1=O. The summed E-state index contributed by atoms with van der Waals surface area (Å²) < 4.78 is 0. The molecular formula is C11H19N3O2. The zero-order valence-corrected chi connectivity index (χ0v) is 9.58. The van der Waals surface area contributed by atoms with Crippen molar-refractivity contribution in [2.24, 2.45) is 5.92 Å². The summed E-state index contributed by atoms with van der Waals surface area (Å²) in [5.41, 5.74) is 0. The molecule has 5 nitrogen and oxygen atoms in total. The molecule has 2 saturated heterocycles. The lowest BCUT2D eigenvalue weighted by atomic mass is 10.0. The highest BCUT2D eigenvalue weighted by molar-refractivity contribution is 5.90. The fourth-order valence-electron chi connectivity index (χ4n) is 2.36. The number of carbonyl (C=O) groups is 2. The highest BCUT2D eigenvalue weighted by Crippen LogP contribution is 2.15. The summed E-state index contributed by atoms with van der Waals surface area (Å²) in [6, 6.07) is -0.467. The maximum Gasteiger partial charge on any atom is 0.242 e. The van der Waals surface area contributed by atoms with Crippen LogP contribution >= 0.6 is 0 Å². The molecule has 0 saturated carbocycles. The molecular weight excluding hydrogens is 206 g/mol. The van der Waals surface area contributed by atoms with Crippen molar-refractivity contribution in [2.75, 3.05) is 13.1 Å². The first kappa shape index (κ1) is 11.4. The van der Waals surface area contributed by atoms with Crippen LogP contribution in [0.5, 0.6) is 0 Å². The average Bonchev–Trinajstić information content (AvgIpc) is 2.68. The Kier molecular flexibility index (Phi) is 3.43. The van der Waals surface area contributed by atoms with Crippen molar-refractivity contribution in [1.29, 1.82) is 0 Å². The van der Waals surface area contributed by atoms with Crippen LogP contribution in [0.2, 0.25) is 0 Å². The summed E-state index contributed by atoms with van der Waals surface area (Å²) in [7, 11) is 0. The number of piperidine rings is 1. The average molecular weight is 225 g/mol. The molecule has 0 aliphatic carbocycles. The summed E-state index contributed by atoms with van der Waals surface area (Å²) in [5.74, 6) is 0.268. The van der Waals surface area contributed by atoms with E-state index in [1.54, 1.807) is 0 Å². The van der Waals surface area contributed by atoms with Crippen LogP contribution in [0.1, 0.15) is 26.2 Å². The first-order valence-electron chi connectivity index (χ1n) is 6.00. The van der Waals surface area contributed by atoms with Gasteiger partial charge >= 0.3 is 0 Å². The molecule has 3 atom stereocenters. The van der Waals surface area contributed by atoms with Crippen LogP contribution in [0.15, 0.2) is 0 Å². The molecule has 3 N–H and O–H groups in total. The molecule has 0 aromatic rings. The Morgan fingerprint density at radius 1 is 1.38 bits per heavy atom. The summed E-state index contributed by atoms with van der Waals surface area (Å²) in [6.45, 7) is 3.67. The van der Waals surface area contributed by atoms with Crippen LogP contribution < -0.4 is 16.0 Å². The van der Waals surface area contributed by atoms with Crippen molar-refractivity contribution in [2.45, 2.75) is 38.3 Å². The molecule has 2 aliphatic rings. The lowest BCUT2D eigenvalue weighted by Crippen LogP contribution is -2.54. The van der Waals surface area contributed by atoms with Gasteiger partial charge in [0.25, 0.3) is 0 Å². The predicted octanol–water partition coefficient (Wildman–Crippen LogP) is -0.621. The fraction of sp³-hybridized carbons (Fsp3) is 0.818. The van der Waals surface area contributed by atoms with Gasteiger partial charge in [-0.15, -0.1) is 0 Å². The second-order valence-corrected chi connectivity index (χ2v) is 4.69. The molecule has 16 heavy (non-hydrogen) atoms. The molecule has 2 heterocycles. The summed E-state index contributed by atoms with van der Waals surface area (Å²) in [6.07, 6.45) is 2.71. The van der Waals surface area contributed by atoms with Crippen LogP contribution in [0, 0.1) is 5.92 Å². The van der Waals surface area contributed by atoms with E-state index in [1.807, 2.05) is 0 Å². The maximum atomic E-state index is 11.9. The third-order valence-corrected chi connectivity index (χ3v) is 3.42. The van der Waals surface area contributed by atoms with Gasteiger partial charge < -0.3 is 16.0 Å². The van der Waals surface area contributed by atoms with Crippen LogP contribution in [-0.4, -0.2) is 37.0 Å². The van der Waals surface area contributed by atoms with Gasteiger partial charge in [-0.05, 0) is 31.7 Å². The molecule has 90 valence electrons. The number of hydrogen-bond acceptors (Lipinski definition) is 3. The summed E-state index contributed by atoms with van der Waals surface area (Å²) in [4.78, 5) is 23.4. The Morgan fingerprint density at radius 3 is 2.81 bits per heavy atom. The van der Waals surface area contributed by atoms with Crippen LogP contribution in [0.3, 0.4) is 0 Å². The molecule has 2 fully saturated rings. The van der Waals surface area contributed by atoms with Crippen molar-refractivity contribution >= 4 is 11.8 Å². The van der Waals surface area contributed by atoms with Gasteiger partial charge in [0.15, 0.2) is 0 Å². The van der Waals surface area contributed by atoms with E-state index in [4.69, 9.17) is 0 Å². The smallest absolute Gasteiger partial charge is 0.242 e. The zero-order chi connectivity index (χ0) is 11.5. The van der Waals surface area contributed by atoms with Gasteiger partial charge in [0, 0.05) is 6.54 Å². The third kappa shape index (κ3) is 2.35. The number of nitrogens with one attached hydrogen (secondary N) is 3. The van der Waals surface area contributed by atoms with E-state index in [9.17, 15) is 9.59 Å². The van der Waals surface area contributed by atoms with Gasteiger partial charge in [-0.25, -0.2) is 0 Å². The molecule has 2 amide bonds. The number of rotatable bonds is 2. The largest absolute Gasteiger partial charge is 0.354 e. The minimum Gasteiger partial charge on any atom is -0.354 e. The Hall–Kier alpha value is -1.10. The Labute approximate surface area is 95.3 Å². The molecule has 3 unspecified atom stereocenters. The molecule has 2 rings (SSSR count). The molecule has 0 spiro atoms. The molecule has 0 aromatic carbocycles.